The molecule has 0 saturated heterocycles. The molecular weight excluding hydrogens is 301 g/mol. The summed E-state index contributed by atoms with van der Waals surface area (Å²) < 4.78 is 1.82. The first-order valence-electron chi connectivity index (χ1n) is 5.91. The van der Waals surface area contributed by atoms with Crippen LogP contribution in [0.3, 0.4) is 0 Å². The van der Waals surface area contributed by atoms with Crippen molar-refractivity contribution in [3.63, 3.8) is 0 Å². The highest BCUT2D eigenvalue weighted by molar-refractivity contribution is 7.98. The van der Waals surface area contributed by atoms with Crippen LogP contribution in [-0.4, -0.2) is 9.78 Å². The summed E-state index contributed by atoms with van der Waals surface area (Å²) in [5, 5.41) is 5.80. The molecule has 102 valence electrons. The first-order valence-corrected chi connectivity index (χ1v) is 7.65. The second kappa shape index (κ2) is 6.07. The van der Waals surface area contributed by atoms with Gasteiger partial charge in [0.1, 0.15) is 0 Å². The number of hydrogen-bond donors (Lipinski definition) is 1. The number of thioether (sulfide) groups is 1. The highest BCUT2D eigenvalue weighted by Crippen LogP contribution is 2.36. The normalized spacial score (nSPS) is 10.9. The molecule has 0 fully saturated rings. The van der Waals surface area contributed by atoms with E-state index >= 15 is 0 Å². The SMILES string of the molecule is CCc1nn(C)c(CSc2c(N)cccc2Cl)c1Cl. The Balaban J connectivity index is 2.22. The molecule has 1 aromatic carbocycles. The molecule has 6 heteroatoms. The van der Waals surface area contributed by atoms with Gasteiger partial charge in [0.15, 0.2) is 0 Å². The van der Waals surface area contributed by atoms with E-state index in [2.05, 4.69) is 5.10 Å². The van der Waals surface area contributed by atoms with Gasteiger partial charge in [-0.05, 0) is 18.6 Å². The Morgan fingerprint density at radius 3 is 2.68 bits per heavy atom. The number of rotatable bonds is 4. The minimum atomic E-state index is 0.666. The van der Waals surface area contributed by atoms with Gasteiger partial charge in [0.2, 0.25) is 0 Å². The number of anilines is 1. The quantitative estimate of drug-likeness (QED) is 0.680. The van der Waals surface area contributed by atoms with E-state index in [1.54, 1.807) is 11.8 Å². The van der Waals surface area contributed by atoms with Gasteiger partial charge < -0.3 is 5.73 Å². The van der Waals surface area contributed by atoms with Crippen molar-refractivity contribution in [2.24, 2.45) is 7.05 Å². The van der Waals surface area contributed by atoms with E-state index in [0.29, 0.717) is 16.5 Å². The summed E-state index contributed by atoms with van der Waals surface area (Å²) in [6.45, 7) is 2.04. The summed E-state index contributed by atoms with van der Waals surface area (Å²) in [5.74, 6) is 0.691. The lowest BCUT2D eigenvalue weighted by Crippen LogP contribution is -1.97. The van der Waals surface area contributed by atoms with E-state index in [-0.39, 0.29) is 0 Å². The molecule has 0 radical (unpaired) electrons. The molecule has 0 spiro atoms. The molecule has 2 N–H and O–H groups in total. The van der Waals surface area contributed by atoms with Gasteiger partial charge in [-0.1, -0.05) is 36.2 Å². The van der Waals surface area contributed by atoms with Crippen molar-refractivity contribution in [3.05, 3.63) is 39.6 Å². The second-order valence-corrected chi connectivity index (χ2v) is 5.90. The molecule has 0 aliphatic carbocycles. The van der Waals surface area contributed by atoms with E-state index in [4.69, 9.17) is 28.9 Å². The van der Waals surface area contributed by atoms with Gasteiger partial charge in [-0.25, -0.2) is 0 Å². The Kier molecular flexibility index (Phi) is 4.66. The molecule has 0 saturated carbocycles. The minimum Gasteiger partial charge on any atom is -0.398 e. The van der Waals surface area contributed by atoms with Gasteiger partial charge in [-0.15, -0.1) is 11.8 Å². The zero-order chi connectivity index (χ0) is 14.0. The standard InChI is InChI=1S/C13H15Cl2N3S/c1-3-10-12(15)11(18(2)17-10)7-19-13-8(14)5-4-6-9(13)16/h4-6H,3,7,16H2,1-2H3. The van der Waals surface area contributed by atoms with Crippen LogP contribution in [0.5, 0.6) is 0 Å². The van der Waals surface area contributed by atoms with Crippen LogP contribution in [0, 0.1) is 0 Å². The Morgan fingerprint density at radius 2 is 2.11 bits per heavy atom. The lowest BCUT2D eigenvalue weighted by Gasteiger charge is -2.08. The summed E-state index contributed by atoms with van der Waals surface area (Å²) in [6.07, 6.45) is 0.825. The van der Waals surface area contributed by atoms with Crippen molar-refractivity contribution >= 4 is 40.7 Å². The van der Waals surface area contributed by atoms with E-state index in [1.807, 2.05) is 36.9 Å². The molecule has 2 aromatic rings. The Bertz CT molecular complexity index is 576. The zero-order valence-corrected chi connectivity index (χ0v) is 13.1. The first-order chi connectivity index (χ1) is 9.04. The summed E-state index contributed by atoms with van der Waals surface area (Å²) >= 11 is 14.0. The maximum atomic E-state index is 6.31. The van der Waals surface area contributed by atoms with Gasteiger partial charge >= 0.3 is 0 Å². The Labute approximate surface area is 127 Å². The number of aryl methyl sites for hydroxylation is 2. The zero-order valence-electron chi connectivity index (χ0n) is 10.8. The molecule has 19 heavy (non-hydrogen) atoms. The third-order valence-electron chi connectivity index (χ3n) is 2.85. The molecule has 0 aliphatic heterocycles. The molecule has 0 bridgehead atoms. The van der Waals surface area contributed by atoms with Gasteiger partial charge in [0, 0.05) is 23.4 Å². The summed E-state index contributed by atoms with van der Waals surface area (Å²) in [6, 6.07) is 5.52. The van der Waals surface area contributed by atoms with Crippen molar-refractivity contribution in [1.29, 1.82) is 0 Å². The fraction of sp³-hybridized carbons (Fsp3) is 0.308. The van der Waals surface area contributed by atoms with Crippen molar-refractivity contribution in [1.82, 2.24) is 9.78 Å². The smallest absolute Gasteiger partial charge is 0.0858 e. The highest BCUT2D eigenvalue weighted by Gasteiger charge is 2.14. The predicted octanol–water partition coefficient (Wildman–Crippen LogP) is 4.16. The van der Waals surface area contributed by atoms with Crippen LogP contribution in [0.25, 0.3) is 0 Å². The van der Waals surface area contributed by atoms with E-state index in [1.165, 1.54) is 0 Å². The van der Waals surface area contributed by atoms with Crippen LogP contribution < -0.4 is 5.73 Å². The van der Waals surface area contributed by atoms with Crippen LogP contribution in [0.2, 0.25) is 10.0 Å². The fourth-order valence-electron chi connectivity index (χ4n) is 1.79. The monoisotopic (exact) mass is 315 g/mol. The largest absolute Gasteiger partial charge is 0.398 e. The van der Waals surface area contributed by atoms with E-state index < -0.39 is 0 Å². The number of benzene rings is 1. The number of hydrogen-bond acceptors (Lipinski definition) is 3. The molecule has 0 aliphatic rings. The van der Waals surface area contributed by atoms with Crippen LogP contribution in [-0.2, 0) is 19.2 Å². The van der Waals surface area contributed by atoms with Crippen LogP contribution >= 0.6 is 35.0 Å². The third kappa shape index (κ3) is 3.02. The number of aromatic nitrogens is 2. The molecule has 1 heterocycles. The molecule has 0 unspecified atom stereocenters. The topological polar surface area (TPSA) is 43.8 Å². The highest BCUT2D eigenvalue weighted by atomic mass is 35.5. The number of nitrogen functional groups attached to an aromatic ring is 1. The maximum absolute atomic E-state index is 6.31. The average Bonchev–Trinajstić information content (AvgIpc) is 2.65. The van der Waals surface area contributed by atoms with Crippen molar-refractivity contribution in [2.45, 2.75) is 24.0 Å². The number of nitrogens with two attached hydrogens (primary N) is 1. The van der Waals surface area contributed by atoms with Crippen molar-refractivity contribution in [2.75, 3.05) is 5.73 Å². The molecule has 3 nitrogen and oxygen atoms in total. The maximum Gasteiger partial charge on any atom is 0.0858 e. The van der Waals surface area contributed by atoms with Gasteiger partial charge in [0.05, 0.1) is 21.4 Å². The van der Waals surface area contributed by atoms with E-state index in [9.17, 15) is 0 Å². The minimum absolute atomic E-state index is 0.666. The van der Waals surface area contributed by atoms with Gasteiger partial charge in [-0.3, -0.25) is 4.68 Å². The molecule has 0 amide bonds. The molecule has 0 atom stereocenters. The van der Waals surface area contributed by atoms with Crippen molar-refractivity contribution < 1.29 is 0 Å². The predicted molar refractivity (Wildman–Crippen MR) is 83.0 cm³/mol. The number of halogens is 2. The average molecular weight is 316 g/mol. The van der Waals surface area contributed by atoms with Crippen LogP contribution in [0.15, 0.2) is 23.1 Å². The lowest BCUT2D eigenvalue weighted by atomic mass is 10.3. The second-order valence-electron chi connectivity index (χ2n) is 4.13. The third-order valence-corrected chi connectivity index (χ3v) is 4.88. The van der Waals surface area contributed by atoms with Gasteiger partial charge in [0.25, 0.3) is 0 Å². The number of nitrogens with zero attached hydrogens (tertiary/aromatic N) is 2. The lowest BCUT2D eigenvalue weighted by molar-refractivity contribution is 0.720. The fourth-order valence-corrected chi connectivity index (χ4v) is 3.63. The molecule has 2 rings (SSSR count). The van der Waals surface area contributed by atoms with Crippen LogP contribution in [0.4, 0.5) is 5.69 Å². The van der Waals surface area contributed by atoms with Crippen molar-refractivity contribution in [3.8, 4) is 0 Å². The molecular formula is C13H15Cl2N3S. The van der Waals surface area contributed by atoms with Gasteiger partial charge in [-0.2, -0.15) is 5.10 Å². The Morgan fingerprint density at radius 1 is 1.37 bits per heavy atom. The Hall–Kier alpha value is -0.840. The molecule has 1 aromatic heterocycles. The summed E-state index contributed by atoms with van der Waals surface area (Å²) in [7, 11) is 1.90. The van der Waals surface area contributed by atoms with Crippen LogP contribution in [0.1, 0.15) is 18.3 Å². The summed E-state index contributed by atoms with van der Waals surface area (Å²) in [4.78, 5) is 0.888. The summed E-state index contributed by atoms with van der Waals surface area (Å²) in [5.41, 5.74) is 8.53. The van der Waals surface area contributed by atoms with E-state index in [0.717, 1.165) is 27.7 Å². The first kappa shape index (κ1) is 14.6.